The first-order valence-electron chi connectivity index (χ1n) is 7.26. The maximum Gasteiger partial charge on any atom is 0.223 e. The number of nitrogens with one attached hydrogen (secondary N) is 1. The molecule has 3 fully saturated rings. The fourth-order valence-electron chi connectivity index (χ4n) is 4.58. The van der Waals surface area contributed by atoms with Crippen LogP contribution in [0.1, 0.15) is 24.8 Å². The van der Waals surface area contributed by atoms with Gasteiger partial charge in [-0.1, -0.05) is 28.1 Å². The van der Waals surface area contributed by atoms with Crippen LogP contribution >= 0.6 is 15.9 Å². The highest BCUT2D eigenvalue weighted by Crippen LogP contribution is 2.69. The van der Waals surface area contributed by atoms with Gasteiger partial charge in [0.25, 0.3) is 0 Å². The highest BCUT2D eigenvalue weighted by atomic mass is 79.9. The number of hydrogen-bond donors (Lipinski definition) is 1. The Kier molecular flexibility index (Phi) is 2.73. The van der Waals surface area contributed by atoms with Crippen LogP contribution in [0.4, 0.5) is 0 Å². The second-order valence-corrected chi connectivity index (χ2v) is 7.27. The number of rotatable bonds is 3. The molecule has 0 aromatic heterocycles. The third-order valence-corrected chi connectivity index (χ3v) is 5.95. The van der Waals surface area contributed by atoms with E-state index in [0.29, 0.717) is 18.4 Å². The van der Waals surface area contributed by atoms with E-state index in [1.165, 1.54) is 24.8 Å². The van der Waals surface area contributed by atoms with Gasteiger partial charge < -0.3 is 5.32 Å². The van der Waals surface area contributed by atoms with Gasteiger partial charge in [-0.15, -0.1) is 0 Å². The van der Waals surface area contributed by atoms with Gasteiger partial charge in [-0.3, -0.25) is 4.79 Å². The summed E-state index contributed by atoms with van der Waals surface area (Å²) in [6, 6.07) is 8.16. The topological polar surface area (TPSA) is 29.1 Å². The molecule has 100 valence electrons. The zero-order chi connectivity index (χ0) is 13.0. The van der Waals surface area contributed by atoms with Crippen LogP contribution in [0.3, 0.4) is 0 Å². The lowest BCUT2D eigenvalue weighted by atomic mass is 10.0. The molecule has 0 aliphatic heterocycles. The molecule has 4 unspecified atom stereocenters. The van der Waals surface area contributed by atoms with Crippen LogP contribution in [0.15, 0.2) is 28.7 Å². The Morgan fingerprint density at radius 1 is 1.16 bits per heavy atom. The van der Waals surface area contributed by atoms with Crippen molar-refractivity contribution in [3.05, 3.63) is 34.3 Å². The average molecular weight is 320 g/mol. The molecule has 2 bridgehead atoms. The van der Waals surface area contributed by atoms with E-state index in [4.69, 9.17) is 0 Å². The Bertz CT molecular complexity index is 496. The van der Waals surface area contributed by atoms with Crippen molar-refractivity contribution in [3.8, 4) is 0 Å². The van der Waals surface area contributed by atoms with Crippen LogP contribution < -0.4 is 5.32 Å². The third kappa shape index (κ3) is 1.94. The van der Waals surface area contributed by atoms with E-state index < -0.39 is 0 Å². The Labute approximate surface area is 122 Å². The number of hydrogen-bond acceptors (Lipinski definition) is 1. The van der Waals surface area contributed by atoms with E-state index in [9.17, 15) is 4.79 Å². The summed E-state index contributed by atoms with van der Waals surface area (Å²) in [6.07, 6.45) is 4.16. The standard InChI is InChI=1S/C16H18BrNO/c17-12-5-1-9(2-6-12)8-18-16(19)15-13-10-3-4-11(7-10)14(13)15/h1-2,5-6,10-11,13-15H,3-4,7-8H2,(H,18,19). The van der Waals surface area contributed by atoms with E-state index in [2.05, 4.69) is 33.4 Å². The molecule has 3 saturated carbocycles. The summed E-state index contributed by atoms with van der Waals surface area (Å²) in [5.41, 5.74) is 1.17. The van der Waals surface area contributed by atoms with Gasteiger partial charge in [0.1, 0.15) is 0 Å². The molecule has 1 aromatic rings. The van der Waals surface area contributed by atoms with Crippen molar-refractivity contribution < 1.29 is 4.79 Å². The van der Waals surface area contributed by atoms with Crippen molar-refractivity contribution >= 4 is 21.8 Å². The molecule has 3 aliphatic carbocycles. The highest BCUT2D eigenvalue weighted by molar-refractivity contribution is 9.10. The molecule has 0 saturated heterocycles. The summed E-state index contributed by atoms with van der Waals surface area (Å²) in [7, 11) is 0. The predicted octanol–water partition coefficient (Wildman–Crippen LogP) is 3.36. The van der Waals surface area contributed by atoms with E-state index in [1.54, 1.807) is 0 Å². The number of carbonyl (C=O) groups is 1. The molecule has 0 radical (unpaired) electrons. The van der Waals surface area contributed by atoms with Gasteiger partial charge in [0.15, 0.2) is 0 Å². The van der Waals surface area contributed by atoms with Crippen LogP contribution in [-0.4, -0.2) is 5.91 Å². The highest BCUT2D eigenvalue weighted by Gasteiger charge is 2.67. The van der Waals surface area contributed by atoms with Gasteiger partial charge in [0.2, 0.25) is 5.91 Å². The number of fused-ring (bicyclic) bond motifs is 5. The van der Waals surface area contributed by atoms with Crippen LogP contribution in [-0.2, 0) is 11.3 Å². The molecule has 0 heterocycles. The summed E-state index contributed by atoms with van der Waals surface area (Å²) in [4.78, 5) is 12.3. The van der Waals surface area contributed by atoms with Crippen LogP contribution in [0, 0.1) is 29.6 Å². The van der Waals surface area contributed by atoms with E-state index in [1.807, 2.05) is 12.1 Å². The van der Waals surface area contributed by atoms with Gasteiger partial charge in [-0.05, 0) is 60.6 Å². The second-order valence-electron chi connectivity index (χ2n) is 6.36. The van der Waals surface area contributed by atoms with Gasteiger partial charge >= 0.3 is 0 Å². The average Bonchev–Trinajstić information content (AvgIpc) is 2.86. The number of carbonyl (C=O) groups excluding carboxylic acids is 1. The Balaban J connectivity index is 1.35. The zero-order valence-electron chi connectivity index (χ0n) is 10.8. The lowest BCUT2D eigenvalue weighted by Crippen LogP contribution is -2.27. The van der Waals surface area contributed by atoms with Crippen LogP contribution in [0.25, 0.3) is 0 Å². The first-order chi connectivity index (χ1) is 9.24. The van der Waals surface area contributed by atoms with Gasteiger partial charge in [0.05, 0.1) is 0 Å². The van der Waals surface area contributed by atoms with E-state index in [-0.39, 0.29) is 0 Å². The molecule has 1 N–H and O–H groups in total. The largest absolute Gasteiger partial charge is 0.352 e. The maximum atomic E-state index is 12.3. The smallest absolute Gasteiger partial charge is 0.223 e. The molecule has 0 spiro atoms. The van der Waals surface area contributed by atoms with Crippen molar-refractivity contribution in [1.82, 2.24) is 5.32 Å². The Hall–Kier alpha value is -0.830. The number of amides is 1. The monoisotopic (exact) mass is 319 g/mol. The SMILES string of the molecule is O=C(NCc1ccc(Br)cc1)C1C2C3CCC(C3)C12. The molecule has 1 aromatic carbocycles. The van der Waals surface area contributed by atoms with Crippen LogP contribution in [0.5, 0.6) is 0 Å². The summed E-state index contributed by atoms with van der Waals surface area (Å²) in [5, 5.41) is 3.12. The first-order valence-corrected chi connectivity index (χ1v) is 8.05. The molecule has 3 aliphatic rings. The fraction of sp³-hybridized carbons (Fsp3) is 0.562. The van der Waals surface area contributed by atoms with Crippen molar-refractivity contribution in [2.24, 2.45) is 29.6 Å². The summed E-state index contributed by atoms with van der Waals surface area (Å²) in [6.45, 7) is 0.664. The summed E-state index contributed by atoms with van der Waals surface area (Å²) < 4.78 is 1.08. The summed E-state index contributed by atoms with van der Waals surface area (Å²) >= 11 is 3.42. The predicted molar refractivity (Wildman–Crippen MR) is 77.3 cm³/mol. The van der Waals surface area contributed by atoms with Crippen molar-refractivity contribution in [2.45, 2.75) is 25.8 Å². The molecule has 1 amide bonds. The molecule has 4 atom stereocenters. The van der Waals surface area contributed by atoms with Gasteiger partial charge in [-0.25, -0.2) is 0 Å². The fourth-order valence-corrected chi connectivity index (χ4v) is 4.85. The minimum absolute atomic E-state index is 0.300. The lowest BCUT2D eigenvalue weighted by Gasteiger charge is -2.09. The maximum absolute atomic E-state index is 12.3. The number of benzene rings is 1. The molecule has 2 nitrogen and oxygen atoms in total. The van der Waals surface area contributed by atoms with E-state index in [0.717, 1.165) is 28.1 Å². The molecule has 19 heavy (non-hydrogen) atoms. The minimum Gasteiger partial charge on any atom is -0.352 e. The molecule has 3 heteroatoms. The second kappa shape index (κ2) is 4.34. The molecular weight excluding hydrogens is 302 g/mol. The van der Waals surface area contributed by atoms with Gasteiger partial charge in [-0.2, -0.15) is 0 Å². The Morgan fingerprint density at radius 3 is 2.42 bits per heavy atom. The summed E-state index contributed by atoms with van der Waals surface area (Å²) in [5.74, 6) is 3.88. The van der Waals surface area contributed by atoms with Crippen molar-refractivity contribution in [2.75, 3.05) is 0 Å². The number of halogens is 1. The normalized spacial score (nSPS) is 38.1. The van der Waals surface area contributed by atoms with Crippen molar-refractivity contribution in [3.63, 3.8) is 0 Å². The van der Waals surface area contributed by atoms with E-state index >= 15 is 0 Å². The zero-order valence-corrected chi connectivity index (χ0v) is 12.4. The molecular formula is C16H18BrNO. The quantitative estimate of drug-likeness (QED) is 0.909. The first kappa shape index (κ1) is 12.0. The van der Waals surface area contributed by atoms with Crippen molar-refractivity contribution in [1.29, 1.82) is 0 Å². The molecule has 4 rings (SSSR count). The Morgan fingerprint density at radius 2 is 1.79 bits per heavy atom. The van der Waals surface area contributed by atoms with Crippen LogP contribution in [0.2, 0.25) is 0 Å². The van der Waals surface area contributed by atoms with Gasteiger partial charge in [0, 0.05) is 16.9 Å². The minimum atomic E-state index is 0.300. The third-order valence-electron chi connectivity index (χ3n) is 5.42. The lowest BCUT2D eigenvalue weighted by molar-refractivity contribution is -0.123.